The SMILES string of the molecule is COc1cc2c(cc1N1CC(C)N(C)C(C)C1)N(C(C)=O)CC2. The molecule has 126 valence electrons. The van der Waals surface area contributed by atoms with Crippen LogP contribution in [0.1, 0.15) is 26.3 Å². The number of rotatable bonds is 2. The van der Waals surface area contributed by atoms with Crippen LogP contribution in [0.5, 0.6) is 5.75 Å². The van der Waals surface area contributed by atoms with Crippen molar-refractivity contribution in [2.24, 2.45) is 0 Å². The van der Waals surface area contributed by atoms with Gasteiger partial charge in [0.15, 0.2) is 0 Å². The molecular formula is C18H27N3O2. The molecule has 0 bridgehead atoms. The summed E-state index contributed by atoms with van der Waals surface area (Å²) in [5, 5.41) is 0. The van der Waals surface area contributed by atoms with Crippen LogP contribution in [0.25, 0.3) is 0 Å². The molecule has 1 fully saturated rings. The van der Waals surface area contributed by atoms with E-state index in [1.165, 1.54) is 5.56 Å². The van der Waals surface area contributed by atoms with Crippen LogP contribution < -0.4 is 14.5 Å². The number of nitrogens with zero attached hydrogens (tertiary/aromatic N) is 3. The van der Waals surface area contributed by atoms with E-state index in [2.05, 4.69) is 42.8 Å². The first-order valence-electron chi connectivity index (χ1n) is 8.38. The van der Waals surface area contributed by atoms with Gasteiger partial charge in [0.05, 0.1) is 12.8 Å². The second-order valence-electron chi connectivity index (χ2n) is 6.84. The van der Waals surface area contributed by atoms with Gasteiger partial charge in [-0.1, -0.05) is 0 Å². The van der Waals surface area contributed by atoms with E-state index < -0.39 is 0 Å². The lowest BCUT2D eigenvalue weighted by Crippen LogP contribution is -2.55. The van der Waals surface area contributed by atoms with Crippen molar-refractivity contribution < 1.29 is 9.53 Å². The molecule has 2 atom stereocenters. The molecule has 3 rings (SSSR count). The summed E-state index contributed by atoms with van der Waals surface area (Å²) in [6.45, 7) is 8.85. The maximum Gasteiger partial charge on any atom is 0.223 e. The predicted molar refractivity (Wildman–Crippen MR) is 93.6 cm³/mol. The van der Waals surface area contributed by atoms with Crippen LogP contribution in [0.3, 0.4) is 0 Å². The van der Waals surface area contributed by atoms with Gasteiger partial charge in [0.25, 0.3) is 0 Å². The maximum absolute atomic E-state index is 11.9. The van der Waals surface area contributed by atoms with Crippen molar-refractivity contribution >= 4 is 17.3 Å². The molecule has 0 spiro atoms. The van der Waals surface area contributed by atoms with E-state index in [4.69, 9.17) is 4.74 Å². The van der Waals surface area contributed by atoms with E-state index in [1.54, 1.807) is 14.0 Å². The number of fused-ring (bicyclic) bond motifs is 1. The van der Waals surface area contributed by atoms with Gasteiger partial charge >= 0.3 is 0 Å². The minimum atomic E-state index is 0.111. The van der Waals surface area contributed by atoms with Crippen molar-refractivity contribution in [2.75, 3.05) is 43.6 Å². The number of anilines is 2. The van der Waals surface area contributed by atoms with Crippen molar-refractivity contribution in [1.29, 1.82) is 0 Å². The summed E-state index contributed by atoms with van der Waals surface area (Å²) >= 11 is 0. The van der Waals surface area contributed by atoms with E-state index in [-0.39, 0.29) is 5.91 Å². The molecule has 1 aromatic carbocycles. The molecule has 2 heterocycles. The minimum absolute atomic E-state index is 0.111. The lowest BCUT2D eigenvalue weighted by molar-refractivity contribution is -0.116. The van der Waals surface area contributed by atoms with Crippen molar-refractivity contribution in [1.82, 2.24) is 4.90 Å². The Kier molecular flexibility index (Phi) is 4.23. The van der Waals surface area contributed by atoms with Crippen LogP contribution in [0.4, 0.5) is 11.4 Å². The highest BCUT2D eigenvalue weighted by atomic mass is 16.5. The second-order valence-corrected chi connectivity index (χ2v) is 6.84. The zero-order valence-electron chi connectivity index (χ0n) is 14.8. The van der Waals surface area contributed by atoms with Crippen LogP contribution in [-0.4, -0.2) is 56.7 Å². The lowest BCUT2D eigenvalue weighted by atomic mass is 10.1. The van der Waals surface area contributed by atoms with Gasteiger partial charge in [-0.3, -0.25) is 9.69 Å². The first kappa shape index (κ1) is 16.1. The standard InChI is InChI=1S/C18H27N3O2/c1-12-10-20(11-13(2)19(12)4)17-9-16-15(8-18(17)23-5)6-7-21(16)14(3)22/h8-9,12-13H,6-7,10-11H2,1-5H3. The summed E-state index contributed by atoms with van der Waals surface area (Å²) in [7, 11) is 3.91. The smallest absolute Gasteiger partial charge is 0.223 e. The molecule has 0 aliphatic carbocycles. The molecule has 1 aromatic rings. The van der Waals surface area contributed by atoms with E-state index in [0.717, 1.165) is 43.2 Å². The zero-order valence-corrected chi connectivity index (χ0v) is 14.8. The third-order valence-electron chi connectivity index (χ3n) is 5.36. The molecule has 0 saturated carbocycles. The Bertz CT molecular complexity index is 605. The quantitative estimate of drug-likeness (QED) is 0.837. The average Bonchev–Trinajstić information content (AvgIpc) is 2.93. The van der Waals surface area contributed by atoms with E-state index >= 15 is 0 Å². The number of benzene rings is 1. The van der Waals surface area contributed by atoms with Gasteiger partial charge in [-0.25, -0.2) is 0 Å². The summed E-state index contributed by atoms with van der Waals surface area (Å²) in [4.78, 5) is 18.6. The fourth-order valence-electron chi connectivity index (χ4n) is 3.74. The summed E-state index contributed by atoms with van der Waals surface area (Å²) in [5.74, 6) is 1.03. The first-order valence-corrected chi connectivity index (χ1v) is 8.38. The molecule has 2 aliphatic rings. The Hall–Kier alpha value is -1.75. The summed E-state index contributed by atoms with van der Waals surface area (Å²) < 4.78 is 5.66. The highest BCUT2D eigenvalue weighted by Crippen LogP contribution is 2.40. The molecule has 1 saturated heterocycles. The summed E-state index contributed by atoms with van der Waals surface area (Å²) in [6, 6.07) is 5.23. The maximum atomic E-state index is 11.9. The molecule has 23 heavy (non-hydrogen) atoms. The van der Waals surface area contributed by atoms with Crippen LogP contribution in [-0.2, 0) is 11.2 Å². The monoisotopic (exact) mass is 317 g/mol. The third-order valence-corrected chi connectivity index (χ3v) is 5.36. The zero-order chi connectivity index (χ0) is 16.7. The van der Waals surface area contributed by atoms with Crippen molar-refractivity contribution in [3.63, 3.8) is 0 Å². The van der Waals surface area contributed by atoms with Crippen molar-refractivity contribution in [3.8, 4) is 5.75 Å². The Morgan fingerprint density at radius 3 is 2.39 bits per heavy atom. The third kappa shape index (κ3) is 2.78. The molecule has 0 N–H and O–H groups in total. The predicted octanol–water partition coefficient (Wildman–Crippen LogP) is 2.13. The second kappa shape index (κ2) is 6.04. The molecular weight excluding hydrogens is 290 g/mol. The molecule has 2 unspecified atom stereocenters. The van der Waals surface area contributed by atoms with E-state index in [1.807, 2.05) is 4.90 Å². The molecule has 1 amide bonds. The highest BCUT2D eigenvalue weighted by Gasteiger charge is 2.30. The van der Waals surface area contributed by atoms with Crippen molar-refractivity contribution in [3.05, 3.63) is 17.7 Å². The van der Waals surface area contributed by atoms with Gasteiger partial charge in [-0.15, -0.1) is 0 Å². The average molecular weight is 317 g/mol. The fourth-order valence-corrected chi connectivity index (χ4v) is 3.74. The van der Waals surface area contributed by atoms with Gasteiger partial charge in [0.2, 0.25) is 5.91 Å². The van der Waals surface area contributed by atoms with Gasteiger partial charge in [-0.05, 0) is 45.0 Å². The van der Waals surface area contributed by atoms with Crippen molar-refractivity contribution in [2.45, 2.75) is 39.3 Å². The largest absolute Gasteiger partial charge is 0.495 e. The number of amides is 1. The number of carbonyl (C=O) groups excluding carboxylic acids is 1. The fraction of sp³-hybridized carbons (Fsp3) is 0.611. The van der Waals surface area contributed by atoms with Crippen LogP contribution >= 0.6 is 0 Å². The number of hydrogen-bond donors (Lipinski definition) is 0. The van der Waals surface area contributed by atoms with Gasteiger partial charge in [-0.2, -0.15) is 0 Å². The molecule has 0 aromatic heterocycles. The van der Waals surface area contributed by atoms with Crippen LogP contribution in [0.15, 0.2) is 12.1 Å². The molecule has 5 nitrogen and oxygen atoms in total. The van der Waals surface area contributed by atoms with Gasteiger partial charge < -0.3 is 14.5 Å². The number of hydrogen-bond acceptors (Lipinski definition) is 4. The summed E-state index contributed by atoms with van der Waals surface area (Å²) in [5.41, 5.74) is 3.36. The van der Waals surface area contributed by atoms with E-state index in [0.29, 0.717) is 12.1 Å². The van der Waals surface area contributed by atoms with E-state index in [9.17, 15) is 4.79 Å². The summed E-state index contributed by atoms with van der Waals surface area (Å²) in [6.07, 6.45) is 0.904. The number of piperazine rings is 1. The normalized spacial score (nSPS) is 24.7. The Morgan fingerprint density at radius 1 is 1.17 bits per heavy atom. The molecule has 5 heteroatoms. The number of likely N-dealkylation sites (N-methyl/N-ethyl adjacent to an activating group) is 1. The lowest BCUT2D eigenvalue weighted by Gasteiger charge is -2.44. The number of ether oxygens (including phenoxy) is 1. The number of carbonyl (C=O) groups is 1. The Balaban J connectivity index is 1.99. The Morgan fingerprint density at radius 2 is 1.83 bits per heavy atom. The van der Waals surface area contributed by atoms with Gasteiger partial charge in [0.1, 0.15) is 5.75 Å². The first-order chi connectivity index (χ1) is 10.9. The molecule has 2 aliphatic heterocycles. The number of methoxy groups -OCH3 is 1. The molecule has 0 radical (unpaired) electrons. The van der Waals surface area contributed by atoms with Crippen LogP contribution in [0, 0.1) is 0 Å². The Labute approximate surface area is 138 Å². The minimum Gasteiger partial charge on any atom is -0.495 e. The highest BCUT2D eigenvalue weighted by molar-refractivity contribution is 5.95. The van der Waals surface area contributed by atoms with Crippen LogP contribution in [0.2, 0.25) is 0 Å². The topological polar surface area (TPSA) is 36.0 Å². The van der Waals surface area contributed by atoms with Gasteiger partial charge in [0, 0.05) is 44.3 Å².